The number of thiophene rings is 1. The van der Waals surface area contributed by atoms with Crippen LogP contribution in [-0.2, 0) is 0 Å². The molecule has 0 spiro atoms. The average molecular weight is 1980 g/mol. The Balaban J connectivity index is 0.000000132. The Bertz CT molecular complexity index is 6610. The minimum Gasteiger partial charge on any atom is -0.493 e. The normalized spacial score (nSPS) is 10.3. The topological polar surface area (TPSA) is 329 Å². The molecule has 0 aliphatic rings. The highest BCUT2D eigenvalue weighted by Crippen LogP contribution is 2.40. The van der Waals surface area contributed by atoms with Gasteiger partial charge in [-0.05, 0) is 104 Å². The number of aryl methyl sites for hydroxylation is 2. The number of benzene rings is 10. The Hall–Kier alpha value is -14.3. The van der Waals surface area contributed by atoms with Crippen LogP contribution in [0.4, 0.5) is 35.9 Å². The number of nitrogens with zero attached hydrogens (tertiary/aromatic N) is 7. The van der Waals surface area contributed by atoms with Crippen LogP contribution in [0, 0.1) is 13.8 Å². The summed E-state index contributed by atoms with van der Waals surface area (Å²) in [4.78, 5) is 91.7. The van der Waals surface area contributed by atoms with E-state index in [1.165, 1.54) is 135 Å². The Morgan fingerprint density at radius 2 is 0.682 bits per heavy atom. The maximum Gasteiger partial charge on any atom is 0.293 e. The number of halogens is 2. The van der Waals surface area contributed by atoms with Crippen LogP contribution in [0.25, 0.3) is 78.8 Å². The van der Waals surface area contributed by atoms with E-state index >= 15 is 0 Å². The van der Waals surface area contributed by atoms with Gasteiger partial charge in [0.25, 0.3) is 29.5 Å². The smallest absolute Gasteiger partial charge is 0.293 e. The monoisotopic (exact) mass is 1980 g/mol. The highest BCUT2D eigenvalue weighted by molar-refractivity contribution is 9.10. The summed E-state index contributed by atoms with van der Waals surface area (Å²) in [6.07, 6.45) is 1.46. The summed E-state index contributed by atoms with van der Waals surface area (Å²) in [6.45, 7) is 4.18. The number of rotatable bonds is 20. The first-order valence-corrected chi connectivity index (χ1v) is 48.0. The zero-order chi connectivity index (χ0) is 92.5. The molecule has 33 heteroatoms. The number of furan rings is 1. The molecule has 19 aromatic rings. The van der Waals surface area contributed by atoms with Gasteiger partial charge in [0.1, 0.15) is 0 Å². The first kappa shape index (κ1) is 95.3. The fourth-order valence-electron chi connectivity index (χ4n) is 12.0. The molecule has 10 aromatic carbocycles. The van der Waals surface area contributed by atoms with Gasteiger partial charge < -0.3 is 30.1 Å². The first-order valence-electron chi connectivity index (χ1n) is 39.8. The van der Waals surface area contributed by atoms with Gasteiger partial charge in [0.2, 0.25) is 5.75 Å². The third kappa shape index (κ3) is 27.9. The van der Waals surface area contributed by atoms with E-state index in [-0.39, 0.29) is 35.3 Å². The number of nitrogen functional groups attached to an aromatic ring is 2. The predicted molar refractivity (Wildman–Crippen MR) is 546 cm³/mol. The van der Waals surface area contributed by atoms with Crippen molar-refractivity contribution < 1.29 is 42.6 Å². The molecule has 0 fully saturated rings. The summed E-state index contributed by atoms with van der Waals surface area (Å²) in [7, 11) is 4.53. The van der Waals surface area contributed by atoms with Crippen LogP contribution in [0.1, 0.15) is 62.4 Å². The summed E-state index contributed by atoms with van der Waals surface area (Å²) in [5, 5.41) is 34.1. The van der Waals surface area contributed by atoms with Crippen LogP contribution in [-0.4, -0.2) is 85.8 Å². The molecule has 5 amide bonds. The second-order valence-corrected chi connectivity index (χ2v) is 35.9. The molecule has 0 unspecified atom stereocenters. The van der Waals surface area contributed by atoms with Crippen molar-refractivity contribution in [2.24, 2.45) is 0 Å². The average Bonchev–Trinajstić information content (AvgIpc) is 0.957. The molecule has 9 N–H and O–H groups in total. The van der Waals surface area contributed by atoms with Gasteiger partial charge in [0.05, 0.1) is 72.3 Å². The molecule has 132 heavy (non-hydrogen) atoms. The zero-order valence-corrected chi connectivity index (χ0v) is 79.7. The minimum atomic E-state index is -0.307. The van der Waals surface area contributed by atoms with Gasteiger partial charge in [-0.15, -0.1) is 90.7 Å². The van der Waals surface area contributed by atoms with E-state index in [1.54, 1.807) is 66.7 Å². The van der Waals surface area contributed by atoms with E-state index in [1.807, 2.05) is 243 Å². The Kier molecular flexibility index (Phi) is 34.9. The molecular weight excluding hydrogens is 1900 g/mol. The van der Waals surface area contributed by atoms with Crippen molar-refractivity contribution in [2.45, 2.75) is 13.8 Å². The lowest BCUT2D eigenvalue weighted by atomic mass is 10.0. The van der Waals surface area contributed by atoms with E-state index in [0.29, 0.717) is 79.8 Å². The van der Waals surface area contributed by atoms with E-state index in [2.05, 4.69) is 109 Å². The molecule has 0 bridgehead atoms. The molecule has 0 aliphatic carbocycles. The summed E-state index contributed by atoms with van der Waals surface area (Å²) >= 11 is 20.5. The standard InChI is InChI=1S/C19H18N2O4S.C16H11BrN2OS.C16H11ClN2OS.C14H10N2O2S.C14H10N2OS2.C11H12N2S.C9H8N2S/c1-23-15-9-13(10-16(24-2)17(15)25-3)18(22)21-19-20-14(11-26-19)12-7-5-4-6-8-12;2*17-13-8-6-12(7-9-13)15(20)19-16-18-14(10-21-16)11-4-2-1-3-5-11;2*17-13(12-7-4-8-18-12)16-14-15-11(9-19-14)10-5-2-1-3-6-10;1-7-3-4-9(8(2)5-7)10-6-14-11(12)13-10;10-9-11-8(6-12-9)7-4-2-1-3-5-7/h4-11H,1-3H3,(H,20,21,22);2*1-10H,(H,18,19,20);2*1-9H,(H,15,16,17);3-6H,1-2H3,(H2,12,13);1-6H,(H2,10,11). The summed E-state index contributed by atoms with van der Waals surface area (Å²) in [5.74, 6) is 0.490. The molecule has 0 atom stereocenters. The number of ether oxygens (including phenoxy) is 3. The second kappa shape index (κ2) is 48.4. The highest BCUT2D eigenvalue weighted by atomic mass is 79.9. The Morgan fingerprint density at radius 1 is 0.341 bits per heavy atom. The number of nitrogens with two attached hydrogens (primary N) is 2. The predicted octanol–water partition coefficient (Wildman–Crippen LogP) is 26.8. The third-order valence-electron chi connectivity index (χ3n) is 18.4. The molecule has 0 aliphatic heterocycles. The number of methoxy groups -OCH3 is 3. The number of hydrogen-bond donors (Lipinski definition) is 7. The molecule has 9 heterocycles. The van der Waals surface area contributed by atoms with Gasteiger partial charge in [0, 0.05) is 103 Å². The molecular formula is C99H80BrClN14O9S8. The van der Waals surface area contributed by atoms with E-state index < -0.39 is 0 Å². The summed E-state index contributed by atoms with van der Waals surface area (Å²) in [6, 6.07) is 89.7. The van der Waals surface area contributed by atoms with Gasteiger partial charge in [-0.3, -0.25) is 50.6 Å². The fraction of sp³-hybridized carbons (Fsp3) is 0.0505. The molecule has 662 valence electrons. The quantitative estimate of drug-likeness (QED) is 0.0373. The summed E-state index contributed by atoms with van der Waals surface area (Å²) < 4.78 is 21.8. The van der Waals surface area contributed by atoms with Crippen LogP contribution in [0.3, 0.4) is 0 Å². The number of thiazole rings is 7. The van der Waals surface area contributed by atoms with Crippen molar-refractivity contribution in [3.8, 4) is 96.1 Å². The zero-order valence-electron chi connectivity index (χ0n) is 70.8. The van der Waals surface area contributed by atoms with Crippen molar-refractivity contribution in [1.82, 2.24) is 34.9 Å². The number of amides is 5. The lowest BCUT2D eigenvalue weighted by molar-refractivity contribution is 0.0992. The molecule has 19 rings (SSSR count). The third-order valence-corrected chi connectivity index (χ3v) is 25.2. The van der Waals surface area contributed by atoms with Crippen molar-refractivity contribution in [3.63, 3.8) is 0 Å². The van der Waals surface area contributed by atoms with Crippen molar-refractivity contribution >= 4 is 184 Å². The second-order valence-electron chi connectivity index (χ2n) is 27.5. The van der Waals surface area contributed by atoms with Crippen LogP contribution >= 0.6 is 118 Å². The highest BCUT2D eigenvalue weighted by Gasteiger charge is 2.21. The van der Waals surface area contributed by atoms with Crippen molar-refractivity contribution in [2.75, 3.05) is 59.4 Å². The number of hydrogen-bond acceptors (Lipinski definition) is 26. The summed E-state index contributed by atoms with van der Waals surface area (Å²) in [5.41, 5.74) is 28.8. The molecule has 0 radical (unpaired) electrons. The largest absolute Gasteiger partial charge is 0.493 e. The lowest BCUT2D eigenvalue weighted by Crippen LogP contribution is -2.12. The van der Waals surface area contributed by atoms with Crippen LogP contribution in [0.15, 0.2) is 343 Å². The maximum atomic E-state index is 12.6. The SMILES string of the molecule is COc1cc(C(=O)Nc2nc(-c3ccccc3)cs2)cc(OC)c1OC.Cc1ccc(-c2csc(N)n2)c(C)c1.Nc1nc(-c2ccccc2)cs1.O=C(Nc1nc(-c2ccccc2)cs1)c1ccc(Br)cc1.O=C(Nc1nc(-c2ccccc2)cs1)c1ccc(Cl)cc1.O=C(Nc1nc(-c2ccccc2)cs1)c1ccco1.O=C(Nc1nc(-c2ccccc2)cs1)c1cccs1. The minimum absolute atomic E-state index is 0.107. The molecule has 0 saturated carbocycles. The maximum absolute atomic E-state index is 12.6. The fourth-order valence-corrected chi connectivity index (χ4v) is 17.7. The van der Waals surface area contributed by atoms with E-state index in [0.717, 1.165) is 77.7 Å². The van der Waals surface area contributed by atoms with Crippen LogP contribution in [0.5, 0.6) is 17.2 Å². The van der Waals surface area contributed by atoms with Crippen molar-refractivity contribution in [3.05, 3.63) is 382 Å². The van der Waals surface area contributed by atoms with E-state index in [9.17, 15) is 24.0 Å². The van der Waals surface area contributed by atoms with Gasteiger partial charge in [-0.2, -0.15) is 0 Å². The first-order chi connectivity index (χ1) is 64.3. The number of carbonyl (C=O) groups excluding carboxylic acids is 5. The molecule has 0 saturated heterocycles. The molecule has 23 nitrogen and oxygen atoms in total. The van der Waals surface area contributed by atoms with Crippen LogP contribution in [0.2, 0.25) is 5.02 Å². The van der Waals surface area contributed by atoms with Gasteiger partial charge >= 0.3 is 0 Å². The van der Waals surface area contributed by atoms with Gasteiger partial charge in [-0.25, -0.2) is 34.9 Å². The Labute approximate surface area is 805 Å². The number of aromatic nitrogens is 7. The molecule has 9 aromatic heterocycles. The number of carbonyl (C=O) groups is 5. The number of nitrogens with one attached hydrogen (secondary N) is 5. The van der Waals surface area contributed by atoms with Crippen molar-refractivity contribution in [1.29, 1.82) is 0 Å². The Morgan fingerprint density at radius 3 is 1.01 bits per heavy atom. The lowest BCUT2D eigenvalue weighted by Gasteiger charge is -2.13. The van der Waals surface area contributed by atoms with E-state index in [4.69, 9.17) is 41.7 Å². The van der Waals surface area contributed by atoms with Gasteiger partial charge in [0.15, 0.2) is 53.2 Å². The van der Waals surface area contributed by atoms with Crippen LogP contribution < -0.4 is 52.3 Å². The van der Waals surface area contributed by atoms with Gasteiger partial charge in [-0.1, -0.05) is 239 Å². The number of anilines is 7.